The van der Waals surface area contributed by atoms with Crippen molar-refractivity contribution in [1.29, 1.82) is 0 Å². The standard InChI is InChI=1S/C13H14O3/c1-9-7-8-12(16-9)13(14)10-5-3-4-6-11(10)15-2/h3-8,13-14H,1-2H3/t13-/m0/s1. The predicted octanol–water partition coefficient (Wildman–Crippen LogP) is 2.68. The van der Waals surface area contributed by atoms with Crippen LogP contribution in [0, 0.1) is 6.92 Å². The van der Waals surface area contributed by atoms with Crippen LogP contribution in [0.3, 0.4) is 0 Å². The molecule has 3 heteroatoms. The highest BCUT2D eigenvalue weighted by Crippen LogP contribution is 2.30. The predicted molar refractivity (Wildman–Crippen MR) is 60.5 cm³/mol. The molecule has 1 heterocycles. The monoisotopic (exact) mass is 218 g/mol. The molecule has 84 valence electrons. The summed E-state index contributed by atoms with van der Waals surface area (Å²) in [6.45, 7) is 1.85. The van der Waals surface area contributed by atoms with Crippen molar-refractivity contribution in [1.82, 2.24) is 0 Å². The molecule has 0 radical (unpaired) electrons. The normalized spacial score (nSPS) is 12.4. The Hall–Kier alpha value is -1.74. The van der Waals surface area contributed by atoms with Crippen molar-refractivity contribution in [3.8, 4) is 5.75 Å². The van der Waals surface area contributed by atoms with Gasteiger partial charge in [-0.05, 0) is 25.1 Å². The van der Waals surface area contributed by atoms with Crippen molar-refractivity contribution in [3.05, 3.63) is 53.5 Å². The van der Waals surface area contributed by atoms with Crippen molar-refractivity contribution in [2.45, 2.75) is 13.0 Å². The minimum Gasteiger partial charge on any atom is -0.496 e. The lowest BCUT2D eigenvalue weighted by Gasteiger charge is -2.12. The molecular weight excluding hydrogens is 204 g/mol. The van der Waals surface area contributed by atoms with Crippen molar-refractivity contribution in [3.63, 3.8) is 0 Å². The van der Waals surface area contributed by atoms with Gasteiger partial charge in [-0.3, -0.25) is 0 Å². The molecule has 3 nitrogen and oxygen atoms in total. The number of ether oxygens (including phenoxy) is 1. The third-order valence-electron chi connectivity index (χ3n) is 2.46. The number of aliphatic hydroxyl groups excluding tert-OH is 1. The first-order valence-electron chi connectivity index (χ1n) is 5.09. The second-order valence-electron chi connectivity index (χ2n) is 3.59. The maximum Gasteiger partial charge on any atom is 0.140 e. The summed E-state index contributed by atoms with van der Waals surface area (Å²) < 4.78 is 10.6. The van der Waals surface area contributed by atoms with E-state index in [1.807, 2.05) is 37.3 Å². The largest absolute Gasteiger partial charge is 0.496 e. The van der Waals surface area contributed by atoms with Gasteiger partial charge in [-0.25, -0.2) is 0 Å². The van der Waals surface area contributed by atoms with E-state index < -0.39 is 6.10 Å². The van der Waals surface area contributed by atoms with E-state index in [4.69, 9.17) is 9.15 Å². The van der Waals surface area contributed by atoms with Gasteiger partial charge < -0.3 is 14.3 Å². The molecule has 0 aliphatic rings. The summed E-state index contributed by atoms with van der Waals surface area (Å²) in [6, 6.07) is 11.0. The lowest BCUT2D eigenvalue weighted by molar-refractivity contribution is 0.183. The van der Waals surface area contributed by atoms with Gasteiger partial charge in [0.05, 0.1) is 7.11 Å². The average molecular weight is 218 g/mol. The van der Waals surface area contributed by atoms with Crippen LogP contribution >= 0.6 is 0 Å². The summed E-state index contributed by atoms with van der Waals surface area (Å²) in [7, 11) is 1.58. The molecule has 0 aliphatic carbocycles. The highest BCUT2D eigenvalue weighted by Gasteiger charge is 2.17. The van der Waals surface area contributed by atoms with Crippen LogP contribution in [-0.2, 0) is 0 Å². The van der Waals surface area contributed by atoms with Crippen LogP contribution in [0.4, 0.5) is 0 Å². The fourth-order valence-electron chi connectivity index (χ4n) is 1.65. The number of furan rings is 1. The van der Waals surface area contributed by atoms with Gasteiger partial charge in [-0.2, -0.15) is 0 Å². The number of hydrogen-bond donors (Lipinski definition) is 1. The molecule has 0 saturated carbocycles. The Labute approximate surface area is 94.3 Å². The molecule has 16 heavy (non-hydrogen) atoms. The maximum atomic E-state index is 10.1. The van der Waals surface area contributed by atoms with Crippen LogP contribution in [-0.4, -0.2) is 12.2 Å². The van der Waals surface area contributed by atoms with Crippen LogP contribution in [0.1, 0.15) is 23.2 Å². The van der Waals surface area contributed by atoms with E-state index in [0.29, 0.717) is 17.1 Å². The van der Waals surface area contributed by atoms with E-state index >= 15 is 0 Å². The first-order chi connectivity index (χ1) is 7.72. The number of aliphatic hydroxyl groups is 1. The molecule has 0 unspecified atom stereocenters. The van der Waals surface area contributed by atoms with Crippen LogP contribution in [0.5, 0.6) is 5.75 Å². The molecule has 1 atom stereocenters. The van der Waals surface area contributed by atoms with E-state index in [1.54, 1.807) is 13.2 Å². The lowest BCUT2D eigenvalue weighted by atomic mass is 10.1. The summed E-state index contributed by atoms with van der Waals surface area (Å²) in [6.07, 6.45) is -0.787. The Kier molecular flexibility index (Phi) is 2.97. The zero-order valence-electron chi connectivity index (χ0n) is 9.31. The topological polar surface area (TPSA) is 42.6 Å². The minimum atomic E-state index is -0.787. The molecule has 0 bridgehead atoms. The minimum absolute atomic E-state index is 0.530. The molecule has 2 rings (SSSR count). The molecule has 1 N–H and O–H groups in total. The molecule has 0 saturated heterocycles. The lowest BCUT2D eigenvalue weighted by Crippen LogP contribution is -2.00. The molecular formula is C13H14O3. The van der Waals surface area contributed by atoms with Gasteiger partial charge in [-0.1, -0.05) is 18.2 Å². The third-order valence-corrected chi connectivity index (χ3v) is 2.46. The number of para-hydroxylation sites is 1. The van der Waals surface area contributed by atoms with Crippen molar-refractivity contribution >= 4 is 0 Å². The zero-order chi connectivity index (χ0) is 11.5. The quantitative estimate of drug-likeness (QED) is 0.861. The van der Waals surface area contributed by atoms with Gasteiger partial charge in [0, 0.05) is 5.56 Å². The average Bonchev–Trinajstić information content (AvgIpc) is 2.75. The van der Waals surface area contributed by atoms with E-state index in [-0.39, 0.29) is 0 Å². The molecule has 1 aromatic heterocycles. The summed E-state index contributed by atoms with van der Waals surface area (Å²) >= 11 is 0. The first kappa shape index (κ1) is 10.8. The Bertz CT molecular complexity index is 474. The summed E-state index contributed by atoms with van der Waals surface area (Å²) in [5.41, 5.74) is 0.708. The third kappa shape index (κ3) is 1.95. The van der Waals surface area contributed by atoms with E-state index in [1.165, 1.54) is 0 Å². The van der Waals surface area contributed by atoms with Gasteiger partial charge >= 0.3 is 0 Å². The highest BCUT2D eigenvalue weighted by atomic mass is 16.5. The van der Waals surface area contributed by atoms with E-state index in [2.05, 4.69) is 0 Å². The highest BCUT2D eigenvalue weighted by molar-refractivity contribution is 5.38. The van der Waals surface area contributed by atoms with Gasteiger partial charge in [0.1, 0.15) is 23.4 Å². The van der Waals surface area contributed by atoms with Gasteiger partial charge in [0.2, 0.25) is 0 Å². The summed E-state index contributed by atoms with van der Waals surface area (Å²) in [5.74, 6) is 1.97. The van der Waals surface area contributed by atoms with Crippen molar-refractivity contribution in [2.75, 3.05) is 7.11 Å². The smallest absolute Gasteiger partial charge is 0.140 e. The fourth-order valence-corrected chi connectivity index (χ4v) is 1.65. The summed E-state index contributed by atoms with van der Waals surface area (Å²) in [4.78, 5) is 0. The number of hydrogen-bond acceptors (Lipinski definition) is 3. The Morgan fingerprint density at radius 2 is 1.94 bits per heavy atom. The SMILES string of the molecule is COc1ccccc1[C@H](O)c1ccc(C)o1. The van der Waals surface area contributed by atoms with Gasteiger partial charge in [0.25, 0.3) is 0 Å². The van der Waals surface area contributed by atoms with Crippen molar-refractivity contribution in [2.24, 2.45) is 0 Å². The van der Waals surface area contributed by atoms with Crippen LogP contribution in [0.25, 0.3) is 0 Å². The Morgan fingerprint density at radius 3 is 2.56 bits per heavy atom. The second-order valence-corrected chi connectivity index (χ2v) is 3.59. The Balaban J connectivity index is 2.36. The molecule has 0 fully saturated rings. The molecule has 0 spiro atoms. The maximum absolute atomic E-state index is 10.1. The van der Waals surface area contributed by atoms with Gasteiger partial charge in [0.15, 0.2) is 0 Å². The van der Waals surface area contributed by atoms with E-state index in [9.17, 15) is 5.11 Å². The summed E-state index contributed by atoms with van der Waals surface area (Å²) in [5, 5.41) is 10.1. The molecule has 0 amide bonds. The molecule has 0 aliphatic heterocycles. The van der Waals surface area contributed by atoms with E-state index in [0.717, 1.165) is 5.76 Å². The number of aryl methyl sites for hydroxylation is 1. The fraction of sp³-hybridized carbons (Fsp3) is 0.231. The number of methoxy groups -OCH3 is 1. The van der Waals surface area contributed by atoms with Crippen LogP contribution in [0.15, 0.2) is 40.8 Å². The molecule has 1 aromatic carbocycles. The van der Waals surface area contributed by atoms with Crippen molar-refractivity contribution < 1.29 is 14.3 Å². The van der Waals surface area contributed by atoms with Gasteiger partial charge in [-0.15, -0.1) is 0 Å². The van der Waals surface area contributed by atoms with Crippen LogP contribution < -0.4 is 4.74 Å². The second kappa shape index (κ2) is 4.41. The molecule has 2 aromatic rings. The first-order valence-corrected chi connectivity index (χ1v) is 5.09. The Morgan fingerprint density at radius 1 is 1.19 bits per heavy atom. The zero-order valence-corrected chi connectivity index (χ0v) is 9.31. The number of rotatable bonds is 3. The number of benzene rings is 1. The van der Waals surface area contributed by atoms with Crippen LogP contribution in [0.2, 0.25) is 0 Å².